The highest BCUT2D eigenvalue weighted by atomic mass is 32.2. The Labute approximate surface area is 104 Å². The molecular formula is C11H16FN3OS. The molecule has 94 valence electrons. The van der Waals surface area contributed by atoms with Crippen molar-refractivity contribution in [3.63, 3.8) is 0 Å². The van der Waals surface area contributed by atoms with Crippen molar-refractivity contribution in [1.82, 2.24) is 10.3 Å². The standard InChI is InChI=1S/C11H16FN3OS/c1-7(17-2)3-4-14-11(16)9-5-8(12)6-15-10(9)13/h5-7H,3-4H2,1-2H3,(H2,13,15)(H,14,16). The number of nitrogens with one attached hydrogen (secondary N) is 1. The van der Waals surface area contributed by atoms with Gasteiger partial charge in [-0.2, -0.15) is 11.8 Å². The summed E-state index contributed by atoms with van der Waals surface area (Å²) >= 11 is 1.73. The summed E-state index contributed by atoms with van der Waals surface area (Å²) < 4.78 is 12.9. The van der Waals surface area contributed by atoms with Crippen molar-refractivity contribution in [1.29, 1.82) is 0 Å². The zero-order valence-electron chi connectivity index (χ0n) is 9.87. The molecule has 0 bridgehead atoms. The minimum Gasteiger partial charge on any atom is -0.383 e. The van der Waals surface area contributed by atoms with Crippen molar-refractivity contribution in [3.8, 4) is 0 Å². The quantitative estimate of drug-likeness (QED) is 0.842. The van der Waals surface area contributed by atoms with Crippen molar-refractivity contribution >= 4 is 23.5 Å². The Morgan fingerprint density at radius 3 is 3.06 bits per heavy atom. The van der Waals surface area contributed by atoms with Gasteiger partial charge in [0.15, 0.2) is 0 Å². The molecule has 0 saturated carbocycles. The maximum absolute atomic E-state index is 12.9. The molecular weight excluding hydrogens is 241 g/mol. The number of carbonyl (C=O) groups excluding carboxylic acids is 1. The van der Waals surface area contributed by atoms with Gasteiger partial charge in [-0.3, -0.25) is 4.79 Å². The number of anilines is 1. The maximum atomic E-state index is 12.9. The molecule has 3 N–H and O–H groups in total. The summed E-state index contributed by atoms with van der Waals surface area (Å²) in [6.45, 7) is 2.62. The van der Waals surface area contributed by atoms with Crippen LogP contribution in [0.2, 0.25) is 0 Å². The lowest BCUT2D eigenvalue weighted by atomic mass is 10.2. The number of amides is 1. The Kier molecular flexibility index (Phi) is 5.21. The van der Waals surface area contributed by atoms with E-state index in [-0.39, 0.29) is 17.3 Å². The second kappa shape index (κ2) is 6.44. The Hall–Kier alpha value is -1.30. The van der Waals surface area contributed by atoms with E-state index in [1.165, 1.54) is 0 Å². The van der Waals surface area contributed by atoms with Crippen molar-refractivity contribution in [2.24, 2.45) is 0 Å². The van der Waals surface area contributed by atoms with Gasteiger partial charge >= 0.3 is 0 Å². The number of nitrogen functional groups attached to an aromatic ring is 1. The molecule has 1 atom stereocenters. The smallest absolute Gasteiger partial charge is 0.255 e. The zero-order valence-corrected chi connectivity index (χ0v) is 10.7. The summed E-state index contributed by atoms with van der Waals surface area (Å²) in [5.74, 6) is -0.911. The minimum atomic E-state index is -0.568. The summed E-state index contributed by atoms with van der Waals surface area (Å²) in [4.78, 5) is 15.3. The van der Waals surface area contributed by atoms with Gasteiger partial charge in [-0.05, 0) is 18.7 Å². The van der Waals surface area contributed by atoms with Gasteiger partial charge < -0.3 is 11.1 Å². The molecule has 0 aliphatic rings. The van der Waals surface area contributed by atoms with Gasteiger partial charge in [0.05, 0.1) is 11.8 Å². The molecule has 1 amide bonds. The van der Waals surface area contributed by atoms with E-state index >= 15 is 0 Å². The fraction of sp³-hybridized carbons (Fsp3) is 0.455. The van der Waals surface area contributed by atoms with Crippen LogP contribution in [-0.4, -0.2) is 28.9 Å². The first-order chi connectivity index (χ1) is 8.04. The van der Waals surface area contributed by atoms with E-state index in [4.69, 9.17) is 5.73 Å². The number of carbonyl (C=O) groups is 1. The molecule has 0 aliphatic carbocycles. The van der Waals surface area contributed by atoms with Crippen LogP contribution in [0.4, 0.5) is 10.2 Å². The number of hydrogen-bond acceptors (Lipinski definition) is 4. The molecule has 0 aromatic carbocycles. The van der Waals surface area contributed by atoms with Crippen LogP contribution in [0.5, 0.6) is 0 Å². The van der Waals surface area contributed by atoms with Crippen LogP contribution < -0.4 is 11.1 Å². The van der Waals surface area contributed by atoms with Gasteiger partial charge in [-0.15, -0.1) is 0 Å². The Morgan fingerprint density at radius 1 is 1.71 bits per heavy atom. The molecule has 0 radical (unpaired) electrons. The predicted molar refractivity (Wildman–Crippen MR) is 68.5 cm³/mol. The van der Waals surface area contributed by atoms with Crippen molar-refractivity contribution in [3.05, 3.63) is 23.6 Å². The molecule has 0 spiro atoms. The number of halogens is 1. The van der Waals surface area contributed by atoms with Crippen LogP contribution in [0.15, 0.2) is 12.3 Å². The zero-order chi connectivity index (χ0) is 12.8. The molecule has 0 aliphatic heterocycles. The first kappa shape index (κ1) is 13.8. The van der Waals surface area contributed by atoms with Gasteiger partial charge in [0.1, 0.15) is 11.6 Å². The van der Waals surface area contributed by atoms with E-state index in [2.05, 4.69) is 17.2 Å². The summed E-state index contributed by atoms with van der Waals surface area (Å²) in [5, 5.41) is 3.16. The van der Waals surface area contributed by atoms with E-state index in [0.717, 1.165) is 18.7 Å². The highest BCUT2D eigenvalue weighted by Gasteiger charge is 2.11. The average molecular weight is 257 g/mol. The van der Waals surface area contributed by atoms with Gasteiger partial charge in [0.25, 0.3) is 5.91 Å². The lowest BCUT2D eigenvalue weighted by Crippen LogP contribution is -2.27. The monoisotopic (exact) mass is 257 g/mol. The number of aromatic nitrogens is 1. The average Bonchev–Trinajstić information content (AvgIpc) is 2.31. The van der Waals surface area contributed by atoms with E-state index in [0.29, 0.717) is 11.8 Å². The highest BCUT2D eigenvalue weighted by molar-refractivity contribution is 7.99. The number of hydrogen-bond donors (Lipinski definition) is 2. The molecule has 4 nitrogen and oxygen atoms in total. The third-order valence-corrected chi connectivity index (χ3v) is 3.41. The molecule has 17 heavy (non-hydrogen) atoms. The summed E-state index contributed by atoms with van der Waals surface area (Å²) in [7, 11) is 0. The van der Waals surface area contributed by atoms with Gasteiger partial charge in [-0.25, -0.2) is 9.37 Å². The molecule has 1 unspecified atom stereocenters. The topological polar surface area (TPSA) is 68.0 Å². The first-order valence-corrected chi connectivity index (χ1v) is 6.55. The van der Waals surface area contributed by atoms with Crippen LogP contribution in [0, 0.1) is 5.82 Å². The van der Waals surface area contributed by atoms with E-state index in [1.54, 1.807) is 11.8 Å². The molecule has 0 saturated heterocycles. The van der Waals surface area contributed by atoms with Crippen LogP contribution in [0.3, 0.4) is 0 Å². The second-order valence-electron chi connectivity index (χ2n) is 3.68. The van der Waals surface area contributed by atoms with Crippen LogP contribution in [0.25, 0.3) is 0 Å². The fourth-order valence-electron chi connectivity index (χ4n) is 1.23. The molecule has 1 aromatic rings. The van der Waals surface area contributed by atoms with Crippen LogP contribution in [0.1, 0.15) is 23.7 Å². The third kappa shape index (κ3) is 4.22. The van der Waals surface area contributed by atoms with Gasteiger partial charge in [0.2, 0.25) is 0 Å². The molecule has 1 aromatic heterocycles. The summed E-state index contributed by atoms with van der Waals surface area (Å²) in [6, 6.07) is 1.09. The number of rotatable bonds is 5. The van der Waals surface area contributed by atoms with Gasteiger partial charge in [0, 0.05) is 11.8 Å². The molecule has 6 heteroatoms. The summed E-state index contributed by atoms with van der Waals surface area (Å²) in [5.41, 5.74) is 5.59. The Morgan fingerprint density at radius 2 is 2.41 bits per heavy atom. The molecule has 1 rings (SSSR count). The number of nitrogens with zero attached hydrogens (tertiary/aromatic N) is 1. The largest absolute Gasteiger partial charge is 0.383 e. The molecule has 0 fully saturated rings. The van der Waals surface area contributed by atoms with E-state index in [1.807, 2.05) is 6.26 Å². The predicted octanol–water partition coefficient (Wildman–Crippen LogP) is 1.67. The lowest BCUT2D eigenvalue weighted by Gasteiger charge is -2.10. The number of nitrogens with two attached hydrogens (primary N) is 1. The van der Waals surface area contributed by atoms with Crippen LogP contribution >= 0.6 is 11.8 Å². The summed E-state index contributed by atoms with van der Waals surface area (Å²) in [6.07, 6.45) is 3.86. The Balaban J connectivity index is 2.55. The minimum absolute atomic E-state index is 0.0433. The third-order valence-electron chi connectivity index (χ3n) is 2.37. The normalized spacial score (nSPS) is 12.2. The first-order valence-electron chi connectivity index (χ1n) is 5.26. The van der Waals surface area contributed by atoms with E-state index < -0.39 is 5.82 Å². The van der Waals surface area contributed by atoms with Gasteiger partial charge in [-0.1, -0.05) is 6.92 Å². The molecule has 1 heterocycles. The number of pyridine rings is 1. The van der Waals surface area contributed by atoms with Crippen molar-refractivity contribution < 1.29 is 9.18 Å². The number of thioether (sulfide) groups is 1. The highest BCUT2D eigenvalue weighted by Crippen LogP contribution is 2.11. The van der Waals surface area contributed by atoms with Crippen LogP contribution in [-0.2, 0) is 0 Å². The second-order valence-corrected chi connectivity index (χ2v) is 4.95. The Bertz CT molecular complexity index is 400. The fourth-order valence-corrected chi connectivity index (χ4v) is 1.59. The van der Waals surface area contributed by atoms with Crippen molar-refractivity contribution in [2.75, 3.05) is 18.5 Å². The SMILES string of the molecule is CSC(C)CCNC(=O)c1cc(F)cnc1N. The maximum Gasteiger partial charge on any atom is 0.255 e. The van der Waals surface area contributed by atoms with Crippen molar-refractivity contribution in [2.45, 2.75) is 18.6 Å². The van der Waals surface area contributed by atoms with E-state index in [9.17, 15) is 9.18 Å². The lowest BCUT2D eigenvalue weighted by molar-refractivity contribution is 0.0953.